The van der Waals surface area contributed by atoms with Gasteiger partial charge < -0.3 is 10.3 Å². The number of benzene rings is 1. The van der Waals surface area contributed by atoms with Crippen LogP contribution in [-0.4, -0.2) is 19.7 Å². The second-order valence-electron chi connectivity index (χ2n) is 4.98. The van der Waals surface area contributed by atoms with Crippen LogP contribution in [0.25, 0.3) is 0 Å². The lowest BCUT2D eigenvalue weighted by Crippen LogP contribution is -2.18. The molecule has 0 radical (unpaired) electrons. The molecule has 1 aromatic carbocycles. The first kappa shape index (κ1) is 14.7. The molecule has 2 N–H and O–H groups in total. The van der Waals surface area contributed by atoms with Gasteiger partial charge in [0.1, 0.15) is 0 Å². The highest BCUT2D eigenvalue weighted by atomic mass is 32.2. The highest BCUT2D eigenvalue weighted by Crippen LogP contribution is 2.26. The first-order valence-electron chi connectivity index (χ1n) is 7.00. The Hall–Kier alpha value is -2.18. The van der Waals surface area contributed by atoms with Gasteiger partial charge in [0.15, 0.2) is 11.0 Å². The molecule has 2 heterocycles. The molecule has 0 amide bonds. The molecule has 112 valence electrons. The summed E-state index contributed by atoms with van der Waals surface area (Å²) in [4.78, 5) is 5.09. The molecule has 0 spiro atoms. The lowest BCUT2D eigenvalue weighted by atomic mass is 10.1. The van der Waals surface area contributed by atoms with Crippen molar-refractivity contribution < 1.29 is 0 Å². The largest absolute Gasteiger partial charge is 0.321 e. The van der Waals surface area contributed by atoms with Crippen molar-refractivity contribution in [2.75, 3.05) is 0 Å². The Balaban J connectivity index is 1.75. The van der Waals surface area contributed by atoms with E-state index < -0.39 is 0 Å². The standard InChI is InChI=1S/C16H17N5S/c1-21-15(14(17)11-12-5-3-2-4-6-12)19-20-16(21)22-13-7-9-18-10-8-13/h2-10,14H,11,17H2,1H3/t14-/m0/s1. The van der Waals surface area contributed by atoms with E-state index in [0.717, 1.165) is 22.3 Å². The minimum atomic E-state index is -0.174. The smallest absolute Gasteiger partial charge is 0.195 e. The van der Waals surface area contributed by atoms with Crippen LogP contribution in [0, 0.1) is 0 Å². The maximum absolute atomic E-state index is 6.29. The van der Waals surface area contributed by atoms with Gasteiger partial charge in [0.25, 0.3) is 0 Å². The summed E-state index contributed by atoms with van der Waals surface area (Å²) in [5.74, 6) is 0.792. The van der Waals surface area contributed by atoms with Crippen LogP contribution in [0.2, 0.25) is 0 Å². The van der Waals surface area contributed by atoms with Crippen LogP contribution in [0.3, 0.4) is 0 Å². The van der Waals surface area contributed by atoms with Crippen molar-refractivity contribution in [1.82, 2.24) is 19.7 Å². The summed E-state index contributed by atoms with van der Waals surface area (Å²) >= 11 is 1.55. The number of hydrogen-bond donors (Lipinski definition) is 1. The van der Waals surface area contributed by atoms with Gasteiger partial charge in [0.2, 0.25) is 0 Å². The zero-order valence-electron chi connectivity index (χ0n) is 12.3. The van der Waals surface area contributed by atoms with E-state index >= 15 is 0 Å². The van der Waals surface area contributed by atoms with Crippen LogP contribution in [-0.2, 0) is 13.5 Å². The average Bonchev–Trinajstić information content (AvgIpc) is 2.90. The lowest BCUT2D eigenvalue weighted by Gasteiger charge is -2.11. The quantitative estimate of drug-likeness (QED) is 0.784. The first-order valence-corrected chi connectivity index (χ1v) is 7.82. The monoisotopic (exact) mass is 311 g/mol. The summed E-state index contributed by atoms with van der Waals surface area (Å²) in [6.45, 7) is 0. The molecule has 0 unspecified atom stereocenters. The number of hydrogen-bond acceptors (Lipinski definition) is 5. The Morgan fingerprint density at radius 2 is 1.82 bits per heavy atom. The molecule has 3 rings (SSSR count). The molecule has 3 aromatic rings. The third kappa shape index (κ3) is 3.35. The van der Waals surface area contributed by atoms with E-state index in [4.69, 9.17) is 5.73 Å². The summed E-state index contributed by atoms with van der Waals surface area (Å²) in [6, 6.07) is 13.9. The first-order chi connectivity index (χ1) is 10.7. The summed E-state index contributed by atoms with van der Waals surface area (Å²) in [7, 11) is 1.95. The normalized spacial score (nSPS) is 12.3. The van der Waals surface area contributed by atoms with Gasteiger partial charge >= 0.3 is 0 Å². The molecule has 0 saturated heterocycles. The predicted octanol–water partition coefficient (Wildman–Crippen LogP) is 2.60. The van der Waals surface area contributed by atoms with Crippen LogP contribution in [0.5, 0.6) is 0 Å². The molecule has 0 aliphatic rings. The fourth-order valence-electron chi connectivity index (χ4n) is 2.21. The number of aromatic nitrogens is 4. The summed E-state index contributed by atoms with van der Waals surface area (Å²) in [5, 5.41) is 9.33. The highest BCUT2D eigenvalue weighted by molar-refractivity contribution is 7.99. The molecular formula is C16H17N5S. The number of nitrogens with zero attached hydrogens (tertiary/aromatic N) is 4. The second kappa shape index (κ2) is 6.72. The van der Waals surface area contributed by atoms with Crippen molar-refractivity contribution in [3.63, 3.8) is 0 Å². The molecule has 6 heteroatoms. The molecular weight excluding hydrogens is 294 g/mol. The zero-order chi connectivity index (χ0) is 15.4. The molecule has 0 fully saturated rings. The molecule has 0 saturated carbocycles. The van der Waals surface area contributed by atoms with E-state index in [-0.39, 0.29) is 6.04 Å². The van der Waals surface area contributed by atoms with E-state index in [0.29, 0.717) is 0 Å². The van der Waals surface area contributed by atoms with Gasteiger partial charge in [-0.2, -0.15) is 0 Å². The van der Waals surface area contributed by atoms with Crippen molar-refractivity contribution in [3.8, 4) is 0 Å². The minimum absolute atomic E-state index is 0.174. The van der Waals surface area contributed by atoms with Crippen molar-refractivity contribution in [3.05, 3.63) is 66.2 Å². The van der Waals surface area contributed by atoms with Crippen LogP contribution in [0.1, 0.15) is 17.4 Å². The van der Waals surface area contributed by atoms with Gasteiger partial charge in [-0.05, 0) is 35.9 Å². The van der Waals surface area contributed by atoms with Crippen LogP contribution in [0.15, 0.2) is 64.9 Å². The molecule has 0 bridgehead atoms. The third-order valence-electron chi connectivity index (χ3n) is 3.36. The Bertz CT molecular complexity index is 727. The fraction of sp³-hybridized carbons (Fsp3) is 0.188. The van der Waals surface area contributed by atoms with Gasteiger partial charge in [-0.15, -0.1) is 10.2 Å². The number of rotatable bonds is 5. The summed E-state index contributed by atoms with van der Waals surface area (Å²) < 4.78 is 1.96. The summed E-state index contributed by atoms with van der Waals surface area (Å²) in [6.07, 6.45) is 4.27. The van der Waals surface area contributed by atoms with Crippen molar-refractivity contribution in [1.29, 1.82) is 0 Å². The second-order valence-corrected chi connectivity index (χ2v) is 6.02. The van der Waals surface area contributed by atoms with E-state index in [1.54, 1.807) is 24.2 Å². The van der Waals surface area contributed by atoms with Gasteiger partial charge in [0, 0.05) is 24.3 Å². The van der Waals surface area contributed by atoms with E-state index in [2.05, 4.69) is 27.3 Å². The van der Waals surface area contributed by atoms with Gasteiger partial charge in [-0.25, -0.2) is 0 Å². The van der Waals surface area contributed by atoms with E-state index in [1.807, 2.05) is 41.9 Å². The average molecular weight is 311 g/mol. The maximum atomic E-state index is 6.29. The third-order valence-corrected chi connectivity index (χ3v) is 4.40. The highest BCUT2D eigenvalue weighted by Gasteiger charge is 2.16. The van der Waals surface area contributed by atoms with Crippen molar-refractivity contribution in [2.45, 2.75) is 22.5 Å². The zero-order valence-corrected chi connectivity index (χ0v) is 13.1. The number of nitrogens with two attached hydrogens (primary N) is 1. The predicted molar refractivity (Wildman–Crippen MR) is 86.4 cm³/mol. The Morgan fingerprint density at radius 1 is 1.09 bits per heavy atom. The van der Waals surface area contributed by atoms with Gasteiger partial charge in [-0.1, -0.05) is 30.3 Å². The molecule has 22 heavy (non-hydrogen) atoms. The van der Waals surface area contributed by atoms with Crippen molar-refractivity contribution in [2.24, 2.45) is 12.8 Å². The van der Waals surface area contributed by atoms with Crippen LogP contribution < -0.4 is 5.73 Å². The molecule has 0 aliphatic heterocycles. The Kier molecular flexibility index (Phi) is 4.50. The fourth-order valence-corrected chi connectivity index (χ4v) is 2.99. The van der Waals surface area contributed by atoms with E-state index in [9.17, 15) is 0 Å². The summed E-state index contributed by atoms with van der Waals surface area (Å²) in [5.41, 5.74) is 7.49. The SMILES string of the molecule is Cn1c(Sc2ccncc2)nnc1[C@@H](N)Cc1ccccc1. The van der Waals surface area contributed by atoms with Gasteiger partial charge in [0.05, 0.1) is 6.04 Å². The minimum Gasteiger partial charge on any atom is -0.321 e. The van der Waals surface area contributed by atoms with E-state index in [1.165, 1.54) is 5.56 Å². The van der Waals surface area contributed by atoms with Crippen LogP contribution in [0.4, 0.5) is 0 Å². The molecule has 2 aromatic heterocycles. The maximum Gasteiger partial charge on any atom is 0.195 e. The van der Waals surface area contributed by atoms with Crippen molar-refractivity contribution >= 4 is 11.8 Å². The van der Waals surface area contributed by atoms with Gasteiger partial charge in [-0.3, -0.25) is 4.98 Å². The molecule has 0 aliphatic carbocycles. The molecule has 5 nitrogen and oxygen atoms in total. The number of pyridine rings is 1. The lowest BCUT2D eigenvalue weighted by molar-refractivity contribution is 0.616. The Morgan fingerprint density at radius 3 is 2.55 bits per heavy atom. The molecule has 1 atom stereocenters. The van der Waals surface area contributed by atoms with Crippen LogP contribution >= 0.6 is 11.8 Å². The Labute approximate surface area is 133 Å². The topological polar surface area (TPSA) is 69.6 Å².